The van der Waals surface area contributed by atoms with Crippen LogP contribution in [-0.2, 0) is 11.2 Å². The van der Waals surface area contributed by atoms with E-state index in [1.165, 1.54) is 12.3 Å². The van der Waals surface area contributed by atoms with Gasteiger partial charge in [0.25, 0.3) is 0 Å². The van der Waals surface area contributed by atoms with Crippen LogP contribution in [0.25, 0.3) is 0 Å². The maximum atomic E-state index is 11.7. The van der Waals surface area contributed by atoms with Crippen LogP contribution in [0.1, 0.15) is 23.0 Å². The van der Waals surface area contributed by atoms with Crippen molar-refractivity contribution in [1.82, 2.24) is 15.3 Å². The standard InChI is InChI=1S/C15H18N4O3/c1-2-22-14(20)13-8-12(10-18-13)19-15(21)17-7-5-11-4-3-6-16-9-11/h3-4,6,8-10,18H,2,5,7H2,1H3,(H2,17,19,21). The number of carbonyl (C=O) groups is 2. The predicted molar refractivity (Wildman–Crippen MR) is 81.7 cm³/mol. The Balaban J connectivity index is 1.76. The minimum Gasteiger partial charge on any atom is -0.461 e. The highest BCUT2D eigenvalue weighted by Gasteiger charge is 2.10. The maximum Gasteiger partial charge on any atom is 0.354 e. The van der Waals surface area contributed by atoms with Crippen molar-refractivity contribution in [2.24, 2.45) is 0 Å². The fourth-order valence-electron chi connectivity index (χ4n) is 1.83. The number of H-pyrrole nitrogens is 1. The number of urea groups is 1. The number of anilines is 1. The number of hydrogen-bond acceptors (Lipinski definition) is 4. The van der Waals surface area contributed by atoms with E-state index in [0.29, 0.717) is 31.0 Å². The van der Waals surface area contributed by atoms with Crippen LogP contribution >= 0.6 is 0 Å². The van der Waals surface area contributed by atoms with Gasteiger partial charge >= 0.3 is 12.0 Å². The topological polar surface area (TPSA) is 96.1 Å². The molecule has 0 aliphatic heterocycles. The Morgan fingerprint density at radius 1 is 1.41 bits per heavy atom. The number of aromatic amines is 1. The highest BCUT2D eigenvalue weighted by Crippen LogP contribution is 2.10. The van der Waals surface area contributed by atoms with Crippen LogP contribution in [0.4, 0.5) is 10.5 Å². The van der Waals surface area contributed by atoms with Gasteiger partial charge in [-0.05, 0) is 31.0 Å². The molecule has 0 aliphatic carbocycles. The number of carbonyl (C=O) groups excluding carboxylic acids is 2. The number of rotatable bonds is 6. The first-order valence-corrected chi connectivity index (χ1v) is 6.98. The van der Waals surface area contributed by atoms with Gasteiger partial charge in [-0.25, -0.2) is 9.59 Å². The summed E-state index contributed by atoms with van der Waals surface area (Å²) in [5.74, 6) is -0.451. The zero-order chi connectivity index (χ0) is 15.8. The van der Waals surface area contributed by atoms with E-state index >= 15 is 0 Å². The van der Waals surface area contributed by atoms with Crippen LogP contribution < -0.4 is 10.6 Å². The Morgan fingerprint density at radius 2 is 2.27 bits per heavy atom. The molecule has 0 saturated carbocycles. The van der Waals surface area contributed by atoms with Crippen molar-refractivity contribution in [1.29, 1.82) is 0 Å². The molecule has 0 aromatic carbocycles. The van der Waals surface area contributed by atoms with Gasteiger partial charge in [-0.2, -0.15) is 0 Å². The summed E-state index contributed by atoms with van der Waals surface area (Å²) in [6, 6.07) is 4.99. The summed E-state index contributed by atoms with van der Waals surface area (Å²) in [6.45, 7) is 2.53. The molecule has 22 heavy (non-hydrogen) atoms. The molecule has 7 heteroatoms. The van der Waals surface area contributed by atoms with E-state index in [-0.39, 0.29) is 6.03 Å². The number of aromatic nitrogens is 2. The van der Waals surface area contributed by atoms with Crippen LogP contribution in [0.2, 0.25) is 0 Å². The number of ether oxygens (including phenoxy) is 1. The molecule has 2 heterocycles. The predicted octanol–water partition coefficient (Wildman–Crippen LogP) is 1.95. The summed E-state index contributed by atoms with van der Waals surface area (Å²) in [5, 5.41) is 5.38. The second-order valence-electron chi connectivity index (χ2n) is 4.51. The van der Waals surface area contributed by atoms with Gasteiger partial charge in [0.1, 0.15) is 5.69 Å². The lowest BCUT2D eigenvalue weighted by Gasteiger charge is -2.05. The van der Waals surface area contributed by atoms with Gasteiger partial charge in [-0.1, -0.05) is 6.07 Å². The van der Waals surface area contributed by atoms with Gasteiger partial charge in [0.2, 0.25) is 0 Å². The molecule has 0 radical (unpaired) electrons. The third-order valence-corrected chi connectivity index (χ3v) is 2.86. The molecule has 0 aliphatic rings. The number of nitrogens with one attached hydrogen (secondary N) is 3. The van der Waals surface area contributed by atoms with Crippen LogP contribution in [0, 0.1) is 0 Å². The molecule has 116 valence electrons. The first kappa shape index (κ1) is 15.6. The third-order valence-electron chi connectivity index (χ3n) is 2.86. The maximum absolute atomic E-state index is 11.7. The Bertz CT molecular complexity index is 625. The largest absolute Gasteiger partial charge is 0.461 e. The van der Waals surface area contributed by atoms with Gasteiger partial charge in [0.05, 0.1) is 12.3 Å². The summed E-state index contributed by atoms with van der Waals surface area (Å²) >= 11 is 0. The van der Waals surface area contributed by atoms with Gasteiger partial charge in [0, 0.05) is 25.1 Å². The summed E-state index contributed by atoms with van der Waals surface area (Å²) < 4.78 is 4.86. The first-order valence-electron chi connectivity index (χ1n) is 6.98. The van der Waals surface area contributed by atoms with Crippen LogP contribution in [-0.4, -0.2) is 35.1 Å². The summed E-state index contributed by atoms with van der Waals surface area (Å²) in [4.78, 5) is 30.0. The van der Waals surface area contributed by atoms with E-state index in [2.05, 4.69) is 20.6 Å². The van der Waals surface area contributed by atoms with E-state index in [1.54, 1.807) is 19.3 Å². The quantitative estimate of drug-likeness (QED) is 0.711. The molecule has 3 N–H and O–H groups in total. The van der Waals surface area contributed by atoms with Crippen LogP contribution in [0.15, 0.2) is 36.8 Å². The molecule has 2 aromatic heterocycles. The lowest BCUT2D eigenvalue weighted by molar-refractivity contribution is 0.0520. The van der Waals surface area contributed by atoms with Crippen LogP contribution in [0.5, 0.6) is 0 Å². The number of hydrogen-bond donors (Lipinski definition) is 3. The van der Waals surface area contributed by atoms with Crippen molar-refractivity contribution in [2.75, 3.05) is 18.5 Å². The van der Waals surface area contributed by atoms with Gasteiger partial charge in [0.15, 0.2) is 0 Å². The molecule has 2 aromatic rings. The van der Waals surface area contributed by atoms with E-state index in [0.717, 1.165) is 5.56 Å². The molecular formula is C15H18N4O3. The van der Waals surface area contributed by atoms with E-state index in [4.69, 9.17) is 4.74 Å². The van der Waals surface area contributed by atoms with Gasteiger partial charge in [-0.15, -0.1) is 0 Å². The van der Waals surface area contributed by atoms with E-state index < -0.39 is 5.97 Å². The van der Waals surface area contributed by atoms with E-state index in [1.807, 2.05) is 12.1 Å². The monoisotopic (exact) mass is 302 g/mol. The lowest BCUT2D eigenvalue weighted by atomic mass is 10.2. The highest BCUT2D eigenvalue weighted by atomic mass is 16.5. The second kappa shape index (κ2) is 7.82. The zero-order valence-corrected chi connectivity index (χ0v) is 12.3. The molecule has 0 bridgehead atoms. The zero-order valence-electron chi connectivity index (χ0n) is 12.3. The smallest absolute Gasteiger partial charge is 0.354 e. The molecule has 0 fully saturated rings. The van der Waals surface area contributed by atoms with E-state index in [9.17, 15) is 9.59 Å². The second-order valence-corrected chi connectivity index (χ2v) is 4.51. The van der Waals surface area contributed by atoms with Crippen molar-refractivity contribution in [3.63, 3.8) is 0 Å². The van der Waals surface area contributed by atoms with Gasteiger partial charge < -0.3 is 20.4 Å². The van der Waals surface area contributed by atoms with Crippen molar-refractivity contribution in [2.45, 2.75) is 13.3 Å². The molecule has 0 spiro atoms. The average molecular weight is 302 g/mol. The Morgan fingerprint density at radius 3 is 3.00 bits per heavy atom. The average Bonchev–Trinajstić information content (AvgIpc) is 2.97. The number of nitrogens with zero attached hydrogens (tertiary/aromatic N) is 1. The molecule has 0 unspecified atom stereocenters. The molecule has 0 atom stereocenters. The lowest BCUT2D eigenvalue weighted by Crippen LogP contribution is -2.30. The normalized spacial score (nSPS) is 10.0. The molecular weight excluding hydrogens is 284 g/mol. The molecule has 2 rings (SSSR count). The third kappa shape index (κ3) is 4.62. The van der Waals surface area contributed by atoms with Crippen molar-refractivity contribution >= 4 is 17.7 Å². The molecule has 0 saturated heterocycles. The highest BCUT2D eigenvalue weighted by molar-refractivity contribution is 5.93. The SMILES string of the molecule is CCOC(=O)c1cc(NC(=O)NCCc2cccnc2)c[nH]1. The summed E-state index contributed by atoms with van der Waals surface area (Å²) in [6.07, 6.45) is 5.70. The fourth-order valence-corrected chi connectivity index (χ4v) is 1.83. The first-order chi connectivity index (χ1) is 10.7. The summed E-state index contributed by atoms with van der Waals surface area (Å²) in [7, 11) is 0. The Labute approximate surface area is 128 Å². The Hall–Kier alpha value is -2.83. The van der Waals surface area contributed by atoms with Crippen molar-refractivity contribution in [3.8, 4) is 0 Å². The van der Waals surface area contributed by atoms with Crippen LogP contribution in [0.3, 0.4) is 0 Å². The van der Waals surface area contributed by atoms with Gasteiger partial charge in [-0.3, -0.25) is 4.98 Å². The number of esters is 1. The number of pyridine rings is 1. The fraction of sp³-hybridized carbons (Fsp3) is 0.267. The van der Waals surface area contributed by atoms with Crippen molar-refractivity contribution in [3.05, 3.63) is 48.0 Å². The minimum atomic E-state index is -0.451. The number of amides is 2. The van der Waals surface area contributed by atoms with Crippen molar-refractivity contribution < 1.29 is 14.3 Å². The molecule has 7 nitrogen and oxygen atoms in total. The minimum absolute atomic E-state index is 0.299. The summed E-state index contributed by atoms with van der Waals surface area (Å²) in [5.41, 5.74) is 1.85. The Kier molecular flexibility index (Phi) is 5.53. The molecule has 2 amide bonds.